The van der Waals surface area contributed by atoms with E-state index in [0.717, 1.165) is 17.3 Å². The minimum atomic E-state index is -4.37. The lowest BCUT2D eigenvalue weighted by Crippen LogP contribution is -2.40. The number of rotatable bonds is 2. The zero-order chi connectivity index (χ0) is 25.8. The molecule has 194 valence electrons. The Morgan fingerprint density at radius 2 is 1.72 bits per heavy atom. The van der Waals surface area contributed by atoms with Crippen molar-refractivity contribution in [3.05, 3.63) is 52.3 Å². The van der Waals surface area contributed by atoms with Crippen molar-refractivity contribution in [1.29, 1.82) is 0 Å². The molecule has 2 amide bonds. The van der Waals surface area contributed by atoms with E-state index in [1.807, 2.05) is 20.8 Å². The van der Waals surface area contributed by atoms with Gasteiger partial charge in [-0.05, 0) is 69.4 Å². The number of benzene rings is 1. The topological polar surface area (TPSA) is 78.5 Å². The minimum Gasteiger partial charge on any atom is -0.444 e. The van der Waals surface area contributed by atoms with Gasteiger partial charge in [0.05, 0.1) is 17.8 Å². The van der Waals surface area contributed by atoms with Crippen LogP contribution < -0.4 is 0 Å². The van der Waals surface area contributed by atoms with E-state index < -0.39 is 23.4 Å². The van der Waals surface area contributed by atoms with Gasteiger partial charge in [0.1, 0.15) is 5.60 Å². The maximum atomic E-state index is 13.5. The first-order valence-electron chi connectivity index (χ1n) is 12.4. The molecule has 1 saturated carbocycles. The molecule has 3 heterocycles. The van der Waals surface area contributed by atoms with E-state index in [1.165, 1.54) is 6.07 Å². The molecular weight excluding hydrogens is 473 g/mol. The second-order valence-corrected chi connectivity index (χ2v) is 11.2. The van der Waals surface area contributed by atoms with Gasteiger partial charge in [0.2, 0.25) is 0 Å². The van der Waals surface area contributed by atoms with Crippen molar-refractivity contribution in [2.75, 3.05) is 19.6 Å². The highest BCUT2D eigenvalue weighted by Crippen LogP contribution is 2.49. The molecule has 0 spiro atoms. The lowest BCUT2D eigenvalue weighted by Gasteiger charge is -2.30. The highest BCUT2D eigenvalue weighted by molar-refractivity contribution is 5.94. The van der Waals surface area contributed by atoms with Crippen molar-refractivity contribution in [3.8, 4) is 0 Å². The molecule has 1 aromatic heterocycles. The number of hydrogen-bond donors (Lipinski definition) is 1. The van der Waals surface area contributed by atoms with Gasteiger partial charge in [0.25, 0.3) is 5.91 Å². The Morgan fingerprint density at radius 1 is 1.06 bits per heavy atom. The van der Waals surface area contributed by atoms with Gasteiger partial charge in [-0.25, -0.2) is 4.79 Å². The summed E-state index contributed by atoms with van der Waals surface area (Å²) in [5.41, 5.74) is 1.17. The van der Waals surface area contributed by atoms with Gasteiger partial charge in [-0.15, -0.1) is 0 Å². The molecule has 0 bridgehead atoms. The summed E-state index contributed by atoms with van der Waals surface area (Å²) in [6.07, 6.45) is -2.97. The number of carbonyl (C=O) groups excluding carboxylic acids is 2. The van der Waals surface area contributed by atoms with Crippen molar-refractivity contribution in [2.45, 2.75) is 64.3 Å². The van der Waals surface area contributed by atoms with Gasteiger partial charge in [-0.1, -0.05) is 18.2 Å². The molecular formula is C26H31F3N4O3. The van der Waals surface area contributed by atoms with E-state index in [-0.39, 0.29) is 23.7 Å². The Kier molecular flexibility index (Phi) is 6.03. The number of amides is 2. The van der Waals surface area contributed by atoms with E-state index in [9.17, 15) is 22.8 Å². The van der Waals surface area contributed by atoms with Crippen LogP contribution >= 0.6 is 0 Å². The third-order valence-corrected chi connectivity index (χ3v) is 7.53. The van der Waals surface area contributed by atoms with Crippen LogP contribution in [-0.2, 0) is 23.9 Å². The molecule has 1 aromatic carbocycles. The van der Waals surface area contributed by atoms with Gasteiger partial charge in [-0.2, -0.15) is 18.3 Å². The van der Waals surface area contributed by atoms with Crippen molar-refractivity contribution in [3.63, 3.8) is 0 Å². The number of H-pyrrole nitrogens is 1. The van der Waals surface area contributed by atoms with Crippen molar-refractivity contribution >= 4 is 12.0 Å². The summed E-state index contributed by atoms with van der Waals surface area (Å²) in [6, 6.07) is 5.84. The van der Waals surface area contributed by atoms with Crippen LogP contribution in [0.5, 0.6) is 0 Å². The molecule has 2 fully saturated rings. The van der Waals surface area contributed by atoms with E-state index in [4.69, 9.17) is 4.74 Å². The summed E-state index contributed by atoms with van der Waals surface area (Å²) in [7, 11) is 0. The zero-order valence-electron chi connectivity index (χ0n) is 20.7. The summed E-state index contributed by atoms with van der Waals surface area (Å²) in [4.78, 5) is 29.1. The number of ether oxygens (including phenoxy) is 1. The Bertz CT molecular complexity index is 1160. The molecule has 5 rings (SSSR count). The van der Waals surface area contributed by atoms with Gasteiger partial charge in [0.15, 0.2) is 5.69 Å². The van der Waals surface area contributed by atoms with Crippen LogP contribution in [0.3, 0.4) is 0 Å². The van der Waals surface area contributed by atoms with Crippen LogP contribution in [0.15, 0.2) is 24.3 Å². The number of alkyl halides is 3. The van der Waals surface area contributed by atoms with E-state index in [2.05, 4.69) is 10.2 Å². The monoisotopic (exact) mass is 504 g/mol. The molecule has 7 nitrogen and oxygen atoms in total. The predicted octanol–water partition coefficient (Wildman–Crippen LogP) is 4.99. The van der Waals surface area contributed by atoms with Gasteiger partial charge >= 0.3 is 12.3 Å². The Balaban J connectivity index is 1.23. The third-order valence-electron chi connectivity index (χ3n) is 7.53. The number of carbonyl (C=O) groups is 2. The van der Waals surface area contributed by atoms with Crippen molar-refractivity contribution in [1.82, 2.24) is 20.0 Å². The average Bonchev–Trinajstić information content (AvgIpc) is 3.49. The smallest absolute Gasteiger partial charge is 0.416 e. The van der Waals surface area contributed by atoms with Crippen molar-refractivity contribution < 1.29 is 27.5 Å². The van der Waals surface area contributed by atoms with Gasteiger partial charge < -0.3 is 14.5 Å². The second-order valence-electron chi connectivity index (χ2n) is 11.2. The average molecular weight is 505 g/mol. The van der Waals surface area contributed by atoms with E-state index in [1.54, 1.807) is 21.9 Å². The third kappa shape index (κ3) is 4.69. The molecule has 3 aliphatic rings. The largest absolute Gasteiger partial charge is 0.444 e. The Labute approximate surface area is 208 Å². The van der Waals surface area contributed by atoms with E-state index in [0.29, 0.717) is 56.7 Å². The van der Waals surface area contributed by atoms with Crippen LogP contribution in [0.2, 0.25) is 0 Å². The molecule has 2 aromatic rings. The second kappa shape index (κ2) is 8.81. The Hall–Kier alpha value is -3.04. The number of aromatic nitrogens is 2. The maximum absolute atomic E-state index is 13.5. The number of nitrogens with one attached hydrogen (secondary N) is 1. The molecule has 1 N–H and O–H groups in total. The number of halogens is 3. The van der Waals surface area contributed by atoms with E-state index >= 15 is 0 Å². The van der Waals surface area contributed by atoms with Crippen LogP contribution in [0.4, 0.5) is 18.0 Å². The number of nitrogens with zero attached hydrogens (tertiary/aromatic N) is 3. The normalized spacial score (nSPS) is 24.0. The lowest BCUT2D eigenvalue weighted by atomic mass is 9.91. The van der Waals surface area contributed by atoms with Gasteiger partial charge in [0, 0.05) is 25.2 Å². The first kappa shape index (κ1) is 24.6. The van der Waals surface area contributed by atoms with Gasteiger partial charge in [-0.3, -0.25) is 9.89 Å². The van der Waals surface area contributed by atoms with Crippen LogP contribution in [-0.4, -0.2) is 57.2 Å². The molecule has 1 aliphatic carbocycles. The fourth-order valence-electron chi connectivity index (χ4n) is 5.96. The summed E-state index contributed by atoms with van der Waals surface area (Å²) >= 11 is 0. The summed E-state index contributed by atoms with van der Waals surface area (Å²) in [5, 5.41) is 7.21. The number of hydrogen-bond acceptors (Lipinski definition) is 4. The van der Waals surface area contributed by atoms with Crippen LogP contribution in [0, 0.1) is 11.8 Å². The van der Waals surface area contributed by atoms with Crippen LogP contribution in [0.1, 0.15) is 72.4 Å². The number of likely N-dealkylation sites (tertiary alicyclic amines) is 1. The zero-order valence-corrected chi connectivity index (χ0v) is 20.7. The molecule has 0 radical (unpaired) electrons. The first-order chi connectivity index (χ1) is 16.9. The Morgan fingerprint density at radius 3 is 2.36 bits per heavy atom. The highest BCUT2D eigenvalue weighted by atomic mass is 19.4. The summed E-state index contributed by atoms with van der Waals surface area (Å²) in [5.74, 6) is 0.0576. The molecule has 10 heteroatoms. The summed E-state index contributed by atoms with van der Waals surface area (Å²) < 4.78 is 46.0. The van der Waals surface area contributed by atoms with Crippen LogP contribution in [0.25, 0.3) is 0 Å². The maximum Gasteiger partial charge on any atom is 0.416 e. The fraction of sp³-hybridized carbons (Fsp3) is 0.577. The molecule has 1 unspecified atom stereocenters. The quantitative estimate of drug-likeness (QED) is 0.625. The number of aromatic amines is 1. The lowest BCUT2D eigenvalue weighted by molar-refractivity contribution is -0.138. The highest BCUT2D eigenvalue weighted by Gasteiger charge is 2.46. The van der Waals surface area contributed by atoms with Crippen molar-refractivity contribution in [2.24, 2.45) is 11.8 Å². The first-order valence-corrected chi connectivity index (χ1v) is 12.4. The standard InChI is InChI=1S/C26H31F3N4O3/c1-25(2,3)36-24(35)32-9-8-19-21(14-32)30-31-22(19)23(34)33-12-16-10-15(11-17(16)13-33)18-6-4-5-7-20(18)26(27,28)29/h4-7,15-17H,8-14H2,1-3H3,(H,30,31)/t15?,16-,17+. The summed E-state index contributed by atoms with van der Waals surface area (Å²) in [6.45, 7) is 7.24. The molecule has 3 atom stereocenters. The fourth-order valence-corrected chi connectivity index (χ4v) is 5.96. The number of fused-ring (bicyclic) bond motifs is 2. The minimum absolute atomic E-state index is 0.146. The predicted molar refractivity (Wildman–Crippen MR) is 125 cm³/mol. The SMILES string of the molecule is CC(C)(C)OC(=O)N1CCc2c(C(=O)N3C[C@H]4CC(c5ccccc5C(F)(F)F)C[C@H]4C3)n[nH]c2C1. The molecule has 1 saturated heterocycles. The molecule has 36 heavy (non-hydrogen) atoms. The molecule has 2 aliphatic heterocycles.